The molecule has 2 aromatic rings. The van der Waals surface area contributed by atoms with E-state index in [9.17, 15) is 18.0 Å². The molecular weight excluding hydrogens is 484 g/mol. The maximum atomic E-state index is 13.0. The van der Waals surface area contributed by atoms with Crippen molar-refractivity contribution in [3.8, 4) is 0 Å². The van der Waals surface area contributed by atoms with Crippen LogP contribution in [0, 0.1) is 11.3 Å². The van der Waals surface area contributed by atoms with Gasteiger partial charge in [0.15, 0.2) is 0 Å². The molecule has 2 N–H and O–H groups in total. The molecule has 0 radical (unpaired) electrons. The van der Waals surface area contributed by atoms with E-state index in [4.69, 9.17) is 14.6 Å². The number of hydrogen-bond acceptors (Lipinski definition) is 7. The summed E-state index contributed by atoms with van der Waals surface area (Å²) >= 11 is 0. The summed E-state index contributed by atoms with van der Waals surface area (Å²) in [6.07, 6.45) is 3.13. The number of rotatable bonds is 8. The Kier molecular flexibility index (Phi) is 7.82. The van der Waals surface area contributed by atoms with Crippen molar-refractivity contribution >= 4 is 21.9 Å². The van der Waals surface area contributed by atoms with Crippen molar-refractivity contribution < 1.29 is 27.5 Å². The van der Waals surface area contributed by atoms with Crippen LogP contribution >= 0.6 is 0 Å². The van der Waals surface area contributed by atoms with Gasteiger partial charge in [0, 0.05) is 31.9 Å². The second-order valence-corrected chi connectivity index (χ2v) is 11.6. The van der Waals surface area contributed by atoms with Crippen molar-refractivity contribution in [3.05, 3.63) is 46.8 Å². The van der Waals surface area contributed by atoms with Gasteiger partial charge in [0.2, 0.25) is 10.0 Å². The molecule has 4 rings (SSSR count). The van der Waals surface area contributed by atoms with Gasteiger partial charge in [-0.05, 0) is 75.3 Å². The molecule has 196 valence electrons. The van der Waals surface area contributed by atoms with E-state index in [-0.39, 0.29) is 34.3 Å². The van der Waals surface area contributed by atoms with Gasteiger partial charge >= 0.3 is 5.97 Å². The molecule has 11 heteroatoms. The molecule has 0 bridgehead atoms. The van der Waals surface area contributed by atoms with Crippen molar-refractivity contribution in [2.45, 2.75) is 51.0 Å². The maximum absolute atomic E-state index is 13.0. The van der Waals surface area contributed by atoms with Crippen LogP contribution in [-0.4, -0.2) is 63.5 Å². The second-order valence-electron chi connectivity index (χ2n) is 9.70. The number of benzene rings is 1. The van der Waals surface area contributed by atoms with E-state index in [0.717, 1.165) is 30.5 Å². The SMILES string of the molecule is CCn1nc(CC(C)COC(=O)c2ccc(S(=O)(=O)NC)cc2)c2c1C(=O)NCC1(CCOCC1)C2. The minimum atomic E-state index is -3.57. The molecule has 0 aliphatic carbocycles. The molecule has 36 heavy (non-hydrogen) atoms. The number of sulfonamides is 1. The van der Waals surface area contributed by atoms with Crippen molar-refractivity contribution in [2.75, 3.05) is 33.4 Å². The van der Waals surface area contributed by atoms with Crippen LogP contribution in [-0.2, 0) is 38.9 Å². The first kappa shape index (κ1) is 26.3. The summed E-state index contributed by atoms with van der Waals surface area (Å²) in [6.45, 7) is 6.73. The standard InChI is InChI=1S/C25H34N4O6S/c1-4-29-22-20(14-25(16-27-23(22)30)9-11-34-12-10-25)21(28-29)13-17(2)15-35-24(31)18-5-7-19(8-6-18)36(32,33)26-3/h5-8,17,26H,4,9-16H2,1-3H3,(H,27,30). The first-order valence-electron chi connectivity index (χ1n) is 12.3. The highest BCUT2D eigenvalue weighted by Crippen LogP contribution is 2.38. The molecule has 0 saturated carbocycles. The molecular formula is C25H34N4O6S. The summed E-state index contributed by atoms with van der Waals surface area (Å²) in [4.78, 5) is 25.6. The zero-order valence-electron chi connectivity index (χ0n) is 21.0. The number of hydrogen-bond donors (Lipinski definition) is 2. The molecule has 2 aliphatic rings. The molecule has 1 aromatic heterocycles. The van der Waals surface area contributed by atoms with Crippen LogP contribution in [0.25, 0.3) is 0 Å². The van der Waals surface area contributed by atoms with E-state index in [1.807, 2.05) is 13.8 Å². The molecule has 1 fully saturated rings. The number of carbonyl (C=O) groups excluding carboxylic acids is 2. The van der Waals surface area contributed by atoms with Gasteiger partial charge in [0.25, 0.3) is 5.91 Å². The first-order valence-corrected chi connectivity index (χ1v) is 13.8. The first-order chi connectivity index (χ1) is 17.2. The molecule has 1 atom stereocenters. The van der Waals surface area contributed by atoms with E-state index in [1.54, 1.807) is 4.68 Å². The highest BCUT2D eigenvalue weighted by Gasteiger charge is 2.39. The fourth-order valence-electron chi connectivity index (χ4n) is 4.91. The average Bonchev–Trinajstić information content (AvgIpc) is 3.15. The minimum absolute atomic E-state index is 0.0286. The van der Waals surface area contributed by atoms with Gasteiger partial charge in [-0.3, -0.25) is 9.48 Å². The summed E-state index contributed by atoms with van der Waals surface area (Å²) in [5.74, 6) is -0.635. The maximum Gasteiger partial charge on any atom is 0.338 e. The molecule has 1 spiro atoms. The quantitative estimate of drug-likeness (QED) is 0.511. The van der Waals surface area contributed by atoms with E-state index < -0.39 is 16.0 Å². The topological polar surface area (TPSA) is 129 Å². The van der Waals surface area contributed by atoms with E-state index in [1.165, 1.54) is 31.3 Å². The summed E-state index contributed by atoms with van der Waals surface area (Å²) in [5.41, 5.74) is 2.75. The Balaban J connectivity index is 1.45. The average molecular weight is 519 g/mol. The van der Waals surface area contributed by atoms with Crippen LogP contribution in [0.1, 0.15) is 58.8 Å². The molecule has 2 aliphatic heterocycles. The van der Waals surface area contributed by atoms with Gasteiger partial charge in [0.1, 0.15) is 5.69 Å². The highest BCUT2D eigenvalue weighted by molar-refractivity contribution is 7.89. The van der Waals surface area contributed by atoms with Gasteiger partial charge in [-0.2, -0.15) is 5.10 Å². The molecule has 3 heterocycles. The van der Waals surface area contributed by atoms with E-state index in [0.29, 0.717) is 38.4 Å². The van der Waals surface area contributed by atoms with Gasteiger partial charge in [-0.1, -0.05) is 6.92 Å². The lowest BCUT2D eigenvalue weighted by molar-refractivity contribution is 0.0160. The van der Waals surface area contributed by atoms with Crippen LogP contribution in [0.15, 0.2) is 29.2 Å². The van der Waals surface area contributed by atoms with Crippen LogP contribution in [0.2, 0.25) is 0 Å². The third-order valence-corrected chi connectivity index (χ3v) is 8.52. The molecule has 1 unspecified atom stereocenters. The molecule has 1 saturated heterocycles. The summed E-state index contributed by atoms with van der Waals surface area (Å²) in [5, 5.41) is 7.88. The Hall–Kier alpha value is -2.76. The Bertz CT molecular complexity index is 1220. The van der Waals surface area contributed by atoms with Crippen molar-refractivity contribution in [1.29, 1.82) is 0 Å². The number of nitrogens with one attached hydrogen (secondary N) is 2. The Morgan fingerprint density at radius 1 is 1.28 bits per heavy atom. The van der Waals surface area contributed by atoms with Crippen LogP contribution < -0.4 is 10.0 Å². The number of nitrogens with zero attached hydrogens (tertiary/aromatic N) is 2. The van der Waals surface area contributed by atoms with Crippen molar-refractivity contribution in [2.24, 2.45) is 11.3 Å². The fourth-order valence-corrected chi connectivity index (χ4v) is 5.64. The Labute approximate surface area is 211 Å². The Morgan fingerprint density at radius 3 is 2.61 bits per heavy atom. The Morgan fingerprint density at radius 2 is 1.97 bits per heavy atom. The lowest BCUT2D eigenvalue weighted by Gasteiger charge is -2.36. The molecule has 10 nitrogen and oxygen atoms in total. The predicted molar refractivity (Wildman–Crippen MR) is 132 cm³/mol. The van der Waals surface area contributed by atoms with Crippen molar-refractivity contribution in [1.82, 2.24) is 19.8 Å². The molecule has 1 aromatic carbocycles. The number of carbonyl (C=O) groups is 2. The van der Waals surface area contributed by atoms with Crippen LogP contribution in [0.5, 0.6) is 0 Å². The summed E-state index contributed by atoms with van der Waals surface area (Å²) in [7, 11) is -2.24. The molecule has 1 amide bonds. The smallest absolute Gasteiger partial charge is 0.338 e. The summed E-state index contributed by atoms with van der Waals surface area (Å²) in [6, 6.07) is 5.61. The fraction of sp³-hybridized carbons (Fsp3) is 0.560. The lowest BCUT2D eigenvalue weighted by atomic mass is 9.75. The predicted octanol–water partition coefficient (Wildman–Crippen LogP) is 1.93. The zero-order chi connectivity index (χ0) is 25.9. The number of aryl methyl sites for hydroxylation is 1. The number of aromatic nitrogens is 2. The number of ether oxygens (including phenoxy) is 2. The van der Waals surface area contributed by atoms with Crippen LogP contribution in [0.4, 0.5) is 0 Å². The number of esters is 1. The second kappa shape index (κ2) is 10.7. The zero-order valence-corrected chi connectivity index (χ0v) is 21.8. The number of fused-ring (bicyclic) bond motifs is 1. The van der Waals surface area contributed by atoms with Gasteiger partial charge < -0.3 is 14.8 Å². The van der Waals surface area contributed by atoms with Gasteiger partial charge in [0.05, 0.1) is 22.8 Å². The van der Waals surface area contributed by atoms with Gasteiger partial charge in [-0.15, -0.1) is 0 Å². The highest BCUT2D eigenvalue weighted by atomic mass is 32.2. The summed E-state index contributed by atoms with van der Waals surface area (Å²) < 4.78 is 38.8. The van der Waals surface area contributed by atoms with E-state index in [2.05, 4.69) is 10.0 Å². The minimum Gasteiger partial charge on any atom is -0.462 e. The third-order valence-electron chi connectivity index (χ3n) is 7.09. The third kappa shape index (κ3) is 5.47. The van der Waals surface area contributed by atoms with Crippen LogP contribution in [0.3, 0.4) is 0 Å². The lowest BCUT2D eigenvalue weighted by Crippen LogP contribution is -2.40. The van der Waals surface area contributed by atoms with E-state index >= 15 is 0 Å². The van der Waals surface area contributed by atoms with Gasteiger partial charge in [-0.25, -0.2) is 17.9 Å². The monoisotopic (exact) mass is 518 g/mol. The largest absolute Gasteiger partial charge is 0.462 e. The van der Waals surface area contributed by atoms with Crippen molar-refractivity contribution in [3.63, 3.8) is 0 Å². The normalized spacial score (nSPS) is 18.2. The number of amides is 1.